The van der Waals surface area contributed by atoms with Crippen LogP contribution in [0.1, 0.15) is 11.1 Å². The lowest BCUT2D eigenvalue weighted by atomic mass is 10.1. The SMILES string of the molecule is COc1ccc(OCC(F)(F)c2ccccc2)c(CN)c1. The van der Waals surface area contributed by atoms with Gasteiger partial charge in [-0.15, -0.1) is 0 Å². The second kappa shape index (κ2) is 6.54. The van der Waals surface area contributed by atoms with Crippen LogP contribution in [0.2, 0.25) is 0 Å². The normalized spacial score (nSPS) is 11.2. The van der Waals surface area contributed by atoms with E-state index in [2.05, 4.69) is 0 Å². The number of alkyl halides is 2. The number of benzene rings is 2. The van der Waals surface area contributed by atoms with Crippen molar-refractivity contribution >= 4 is 0 Å². The van der Waals surface area contributed by atoms with E-state index < -0.39 is 12.5 Å². The van der Waals surface area contributed by atoms with Crippen LogP contribution in [-0.2, 0) is 12.5 Å². The fourth-order valence-corrected chi connectivity index (χ4v) is 1.92. The molecule has 2 N–H and O–H groups in total. The number of halogens is 2. The Labute approximate surface area is 122 Å². The molecule has 2 aromatic rings. The molecule has 0 spiro atoms. The molecule has 0 heterocycles. The first-order valence-corrected chi connectivity index (χ1v) is 6.50. The predicted molar refractivity (Wildman–Crippen MR) is 76.7 cm³/mol. The van der Waals surface area contributed by atoms with E-state index in [1.54, 1.807) is 36.4 Å². The Balaban J connectivity index is 2.12. The van der Waals surface area contributed by atoms with Crippen molar-refractivity contribution < 1.29 is 18.3 Å². The van der Waals surface area contributed by atoms with Crippen LogP contribution >= 0.6 is 0 Å². The van der Waals surface area contributed by atoms with Crippen molar-refractivity contribution in [2.45, 2.75) is 12.5 Å². The van der Waals surface area contributed by atoms with Crippen LogP contribution in [0, 0.1) is 0 Å². The molecule has 0 saturated heterocycles. The molecular weight excluding hydrogens is 276 g/mol. The minimum Gasteiger partial charge on any atom is -0.497 e. The number of methoxy groups -OCH3 is 1. The van der Waals surface area contributed by atoms with E-state index in [9.17, 15) is 8.78 Å². The van der Waals surface area contributed by atoms with Crippen molar-refractivity contribution in [3.8, 4) is 11.5 Å². The fourth-order valence-electron chi connectivity index (χ4n) is 1.92. The van der Waals surface area contributed by atoms with Gasteiger partial charge in [0.15, 0.2) is 6.61 Å². The van der Waals surface area contributed by atoms with Gasteiger partial charge in [0.25, 0.3) is 0 Å². The second-order valence-electron chi connectivity index (χ2n) is 4.54. The van der Waals surface area contributed by atoms with Crippen molar-refractivity contribution in [1.29, 1.82) is 0 Å². The third-order valence-electron chi connectivity index (χ3n) is 3.09. The summed E-state index contributed by atoms with van der Waals surface area (Å²) in [6.07, 6.45) is 0. The van der Waals surface area contributed by atoms with E-state index in [0.29, 0.717) is 17.1 Å². The van der Waals surface area contributed by atoms with E-state index in [0.717, 1.165) is 0 Å². The zero-order valence-corrected chi connectivity index (χ0v) is 11.7. The minimum atomic E-state index is -3.06. The van der Waals surface area contributed by atoms with Crippen molar-refractivity contribution in [2.24, 2.45) is 5.73 Å². The Kier molecular flexibility index (Phi) is 4.75. The van der Waals surface area contributed by atoms with E-state index >= 15 is 0 Å². The summed E-state index contributed by atoms with van der Waals surface area (Å²) >= 11 is 0. The van der Waals surface area contributed by atoms with Gasteiger partial charge in [-0.05, 0) is 18.2 Å². The molecule has 0 radical (unpaired) electrons. The standard InChI is InChI=1S/C16H17F2NO2/c1-20-14-7-8-15(12(9-14)10-19)21-11-16(17,18)13-5-3-2-4-6-13/h2-9H,10-11,19H2,1H3. The summed E-state index contributed by atoms with van der Waals surface area (Å²) in [5.41, 5.74) is 6.15. The van der Waals surface area contributed by atoms with Gasteiger partial charge in [-0.3, -0.25) is 0 Å². The van der Waals surface area contributed by atoms with Gasteiger partial charge < -0.3 is 15.2 Å². The zero-order valence-electron chi connectivity index (χ0n) is 11.7. The fraction of sp³-hybridized carbons (Fsp3) is 0.250. The van der Waals surface area contributed by atoms with Gasteiger partial charge in [-0.2, -0.15) is 8.78 Å². The average molecular weight is 293 g/mol. The van der Waals surface area contributed by atoms with Gasteiger partial charge >= 0.3 is 5.92 Å². The molecular formula is C16H17F2NO2. The van der Waals surface area contributed by atoms with E-state index in [1.807, 2.05) is 0 Å². The third-order valence-corrected chi connectivity index (χ3v) is 3.09. The summed E-state index contributed by atoms with van der Waals surface area (Å²) in [6, 6.07) is 12.5. The molecule has 2 rings (SSSR count). The maximum Gasteiger partial charge on any atom is 0.306 e. The van der Waals surface area contributed by atoms with Gasteiger partial charge in [0.2, 0.25) is 0 Å². The Bertz CT molecular complexity index is 588. The van der Waals surface area contributed by atoms with E-state index in [4.69, 9.17) is 15.2 Å². The highest BCUT2D eigenvalue weighted by molar-refractivity contribution is 5.40. The maximum atomic E-state index is 14.0. The maximum absolute atomic E-state index is 14.0. The topological polar surface area (TPSA) is 44.5 Å². The lowest BCUT2D eigenvalue weighted by molar-refractivity contribution is -0.0469. The molecule has 0 atom stereocenters. The average Bonchev–Trinajstić information content (AvgIpc) is 2.53. The number of hydrogen-bond acceptors (Lipinski definition) is 3. The van der Waals surface area contributed by atoms with Crippen LogP contribution in [0.15, 0.2) is 48.5 Å². The lowest BCUT2D eigenvalue weighted by Gasteiger charge is -2.19. The van der Waals surface area contributed by atoms with Gasteiger partial charge in [0.1, 0.15) is 11.5 Å². The molecule has 0 bridgehead atoms. The molecule has 0 fully saturated rings. The molecule has 5 heteroatoms. The summed E-state index contributed by atoms with van der Waals surface area (Å²) in [5.74, 6) is -2.11. The molecule has 0 aliphatic carbocycles. The predicted octanol–water partition coefficient (Wildman–Crippen LogP) is 3.32. The first-order valence-electron chi connectivity index (χ1n) is 6.50. The number of nitrogens with two attached hydrogens (primary N) is 1. The van der Waals surface area contributed by atoms with Crippen molar-refractivity contribution in [3.63, 3.8) is 0 Å². The van der Waals surface area contributed by atoms with E-state index in [1.165, 1.54) is 19.2 Å². The van der Waals surface area contributed by atoms with Crippen LogP contribution in [0.3, 0.4) is 0 Å². The van der Waals surface area contributed by atoms with Gasteiger partial charge in [-0.1, -0.05) is 30.3 Å². The van der Waals surface area contributed by atoms with Crippen LogP contribution < -0.4 is 15.2 Å². The second-order valence-corrected chi connectivity index (χ2v) is 4.54. The summed E-state index contributed by atoms with van der Waals surface area (Å²) in [5, 5.41) is 0. The molecule has 3 nitrogen and oxygen atoms in total. The largest absolute Gasteiger partial charge is 0.497 e. The first-order chi connectivity index (χ1) is 10.1. The number of rotatable bonds is 6. The smallest absolute Gasteiger partial charge is 0.306 e. The van der Waals surface area contributed by atoms with Gasteiger partial charge in [0, 0.05) is 17.7 Å². The summed E-state index contributed by atoms with van der Waals surface area (Å²) in [7, 11) is 1.53. The molecule has 0 unspecified atom stereocenters. The highest BCUT2D eigenvalue weighted by atomic mass is 19.3. The van der Waals surface area contributed by atoms with Crippen LogP contribution in [0.25, 0.3) is 0 Å². The summed E-state index contributed by atoms with van der Waals surface area (Å²) in [6.45, 7) is -0.556. The summed E-state index contributed by atoms with van der Waals surface area (Å²) < 4.78 is 38.4. The highest BCUT2D eigenvalue weighted by Crippen LogP contribution is 2.30. The molecule has 0 saturated carbocycles. The van der Waals surface area contributed by atoms with Crippen LogP contribution in [-0.4, -0.2) is 13.7 Å². The van der Waals surface area contributed by atoms with Gasteiger partial charge in [0.05, 0.1) is 7.11 Å². The Hall–Kier alpha value is -2.14. The first kappa shape index (κ1) is 15.3. The molecule has 0 aliphatic heterocycles. The number of hydrogen-bond donors (Lipinski definition) is 1. The Morgan fingerprint density at radius 2 is 1.81 bits per heavy atom. The Morgan fingerprint density at radius 1 is 1.10 bits per heavy atom. The lowest BCUT2D eigenvalue weighted by Crippen LogP contribution is -2.23. The molecule has 0 aromatic heterocycles. The molecule has 0 amide bonds. The van der Waals surface area contributed by atoms with Crippen molar-refractivity contribution in [2.75, 3.05) is 13.7 Å². The molecule has 21 heavy (non-hydrogen) atoms. The molecule has 112 valence electrons. The van der Waals surface area contributed by atoms with Crippen molar-refractivity contribution in [1.82, 2.24) is 0 Å². The van der Waals surface area contributed by atoms with Gasteiger partial charge in [-0.25, -0.2) is 0 Å². The summed E-state index contributed by atoms with van der Waals surface area (Å²) in [4.78, 5) is 0. The minimum absolute atomic E-state index is 0.0761. The molecule has 0 aliphatic rings. The van der Waals surface area contributed by atoms with Crippen LogP contribution in [0.4, 0.5) is 8.78 Å². The Morgan fingerprint density at radius 3 is 2.43 bits per heavy atom. The number of ether oxygens (including phenoxy) is 2. The monoisotopic (exact) mass is 293 g/mol. The highest BCUT2D eigenvalue weighted by Gasteiger charge is 2.32. The quantitative estimate of drug-likeness (QED) is 0.888. The van der Waals surface area contributed by atoms with Crippen LogP contribution in [0.5, 0.6) is 11.5 Å². The molecule has 2 aromatic carbocycles. The third kappa shape index (κ3) is 3.70. The zero-order chi connectivity index (χ0) is 15.3. The van der Waals surface area contributed by atoms with E-state index in [-0.39, 0.29) is 12.1 Å². The van der Waals surface area contributed by atoms with Crippen molar-refractivity contribution in [3.05, 3.63) is 59.7 Å².